The number of nitrogens with one attached hydrogen (secondary N) is 2. The average molecular weight is 284 g/mol. The lowest BCUT2D eigenvalue weighted by atomic mass is 9.94. The lowest BCUT2D eigenvalue weighted by Crippen LogP contribution is -2.35. The molecule has 19 heavy (non-hydrogen) atoms. The molecule has 0 aliphatic carbocycles. The number of anilines is 2. The van der Waals surface area contributed by atoms with E-state index in [9.17, 15) is 5.11 Å². The van der Waals surface area contributed by atoms with Crippen LogP contribution in [0.4, 0.5) is 11.6 Å². The quantitative estimate of drug-likeness (QED) is 0.528. The van der Waals surface area contributed by atoms with Gasteiger partial charge in [-0.15, -0.1) is 0 Å². The van der Waals surface area contributed by atoms with Crippen molar-refractivity contribution in [2.75, 3.05) is 30.5 Å². The van der Waals surface area contributed by atoms with E-state index in [1.54, 1.807) is 0 Å². The molecule has 1 heterocycles. The van der Waals surface area contributed by atoms with Gasteiger partial charge in [0.25, 0.3) is 0 Å². The van der Waals surface area contributed by atoms with E-state index in [0.717, 1.165) is 18.1 Å². The monoisotopic (exact) mass is 284 g/mol. The zero-order valence-corrected chi connectivity index (χ0v) is 13.1. The number of thioether (sulfide) groups is 1. The molecular weight excluding hydrogens is 260 g/mol. The van der Waals surface area contributed by atoms with Gasteiger partial charge in [0.1, 0.15) is 11.6 Å². The van der Waals surface area contributed by atoms with E-state index in [-0.39, 0.29) is 0 Å². The molecule has 1 unspecified atom stereocenters. The van der Waals surface area contributed by atoms with E-state index < -0.39 is 5.60 Å². The van der Waals surface area contributed by atoms with E-state index in [4.69, 9.17) is 0 Å². The summed E-state index contributed by atoms with van der Waals surface area (Å²) in [5.74, 6) is 1.95. The van der Waals surface area contributed by atoms with Crippen LogP contribution < -0.4 is 10.6 Å². The molecule has 0 radical (unpaired) electrons. The van der Waals surface area contributed by atoms with Crippen molar-refractivity contribution in [2.24, 2.45) is 5.92 Å². The number of aromatic nitrogens is 2. The van der Waals surface area contributed by atoms with E-state index in [1.807, 2.05) is 26.3 Å². The molecule has 3 N–H and O–H groups in total. The summed E-state index contributed by atoms with van der Waals surface area (Å²) in [6.45, 7) is 6.52. The van der Waals surface area contributed by atoms with Crippen molar-refractivity contribution in [3.05, 3.63) is 6.07 Å². The van der Waals surface area contributed by atoms with Crippen LogP contribution >= 0.6 is 11.8 Å². The van der Waals surface area contributed by atoms with Crippen molar-refractivity contribution in [1.29, 1.82) is 0 Å². The van der Waals surface area contributed by atoms with Crippen molar-refractivity contribution in [2.45, 2.75) is 37.9 Å². The van der Waals surface area contributed by atoms with Gasteiger partial charge in [0.15, 0.2) is 5.16 Å². The minimum atomic E-state index is -0.738. The molecule has 0 saturated carbocycles. The third-order valence-corrected chi connectivity index (χ3v) is 3.19. The van der Waals surface area contributed by atoms with E-state index in [0.29, 0.717) is 17.6 Å². The third-order valence-electron chi connectivity index (χ3n) is 2.64. The maximum Gasteiger partial charge on any atom is 0.191 e. The number of hydrogen-bond donors (Lipinski definition) is 3. The van der Waals surface area contributed by atoms with Gasteiger partial charge in [0.2, 0.25) is 0 Å². The van der Waals surface area contributed by atoms with Crippen LogP contribution in [-0.4, -0.2) is 40.5 Å². The Morgan fingerprint density at radius 3 is 2.53 bits per heavy atom. The van der Waals surface area contributed by atoms with E-state index in [2.05, 4.69) is 34.4 Å². The summed E-state index contributed by atoms with van der Waals surface area (Å²) < 4.78 is 0. The molecule has 6 heteroatoms. The minimum Gasteiger partial charge on any atom is -0.388 e. The standard InChI is InChI=1S/C13H24N4OS/c1-9(2)7-13(3,18)8-15-11-6-10(14-4)16-12(17-11)19-5/h6,9,18H,7-8H2,1-5H3,(H2,14,15,16,17). The first-order valence-corrected chi connectivity index (χ1v) is 7.66. The smallest absolute Gasteiger partial charge is 0.191 e. The summed E-state index contributed by atoms with van der Waals surface area (Å²) >= 11 is 1.49. The summed E-state index contributed by atoms with van der Waals surface area (Å²) in [4.78, 5) is 8.67. The highest BCUT2D eigenvalue weighted by atomic mass is 32.2. The fraction of sp³-hybridized carbons (Fsp3) is 0.692. The van der Waals surface area contributed by atoms with Gasteiger partial charge in [0.05, 0.1) is 5.60 Å². The van der Waals surface area contributed by atoms with Crippen molar-refractivity contribution in [3.8, 4) is 0 Å². The first kappa shape index (κ1) is 16.0. The third kappa shape index (κ3) is 5.65. The van der Waals surface area contributed by atoms with Crippen molar-refractivity contribution >= 4 is 23.4 Å². The predicted molar refractivity (Wildman–Crippen MR) is 81.9 cm³/mol. The molecule has 0 amide bonds. The Balaban J connectivity index is 2.71. The topological polar surface area (TPSA) is 70.1 Å². The Morgan fingerprint density at radius 1 is 1.37 bits per heavy atom. The summed E-state index contributed by atoms with van der Waals surface area (Å²) in [6, 6.07) is 1.84. The lowest BCUT2D eigenvalue weighted by Gasteiger charge is -2.26. The predicted octanol–water partition coefficient (Wildman–Crippen LogP) is 2.45. The highest BCUT2D eigenvalue weighted by Gasteiger charge is 2.21. The van der Waals surface area contributed by atoms with E-state index >= 15 is 0 Å². The molecule has 1 aromatic heterocycles. The van der Waals surface area contributed by atoms with Crippen LogP contribution in [0.3, 0.4) is 0 Å². The second kappa shape index (κ2) is 6.96. The van der Waals surface area contributed by atoms with Crippen LogP contribution in [0.15, 0.2) is 11.2 Å². The van der Waals surface area contributed by atoms with E-state index in [1.165, 1.54) is 11.8 Å². The molecular formula is C13H24N4OS. The SMILES string of the molecule is CNc1cc(NCC(C)(O)CC(C)C)nc(SC)n1. The Hall–Kier alpha value is -1.01. The zero-order valence-electron chi connectivity index (χ0n) is 12.3. The van der Waals surface area contributed by atoms with Gasteiger partial charge in [-0.25, -0.2) is 9.97 Å². The maximum absolute atomic E-state index is 10.3. The number of hydrogen-bond acceptors (Lipinski definition) is 6. The second-order valence-corrected chi connectivity index (χ2v) is 6.10. The summed E-state index contributed by atoms with van der Waals surface area (Å²) in [6.07, 6.45) is 2.69. The molecule has 0 fully saturated rings. The molecule has 0 aliphatic heterocycles. The molecule has 1 rings (SSSR count). The van der Waals surface area contributed by atoms with Gasteiger partial charge in [0, 0.05) is 19.7 Å². The van der Waals surface area contributed by atoms with Gasteiger partial charge in [-0.1, -0.05) is 25.6 Å². The average Bonchev–Trinajstić information content (AvgIpc) is 2.34. The normalized spacial score (nSPS) is 14.3. The molecule has 0 aliphatic rings. The first-order chi connectivity index (χ1) is 8.86. The fourth-order valence-corrected chi connectivity index (χ4v) is 2.35. The maximum atomic E-state index is 10.3. The van der Waals surface area contributed by atoms with Gasteiger partial charge < -0.3 is 15.7 Å². The van der Waals surface area contributed by atoms with Gasteiger partial charge in [-0.3, -0.25) is 0 Å². The summed E-state index contributed by atoms with van der Waals surface area (Å²) in [5.41, 5.74) is -0.738. The van der Waals surface area contributed by atoms with Gasteiger partial charge in [-0.2, -0.15) is 0 Å². The first-order valence-electron chi connectivity index (χ1n) is 6.43. The largest absolute Gasteiger partial charge is 0.388 e. The minimum absolute atomic E-state index is 0.455. The summed E-state index contributed by atoms with van der Waals surface area (Å²) in [5, 5.41) is 17.2. The molecule has 0 saturated heterocycles. The Labute approximate surface area is 119 Å². The highest BCUT2D eigenvalue weighted by Crippen LogP contribution is 2.20. The Morgan fingerprint density at radius 2 is 2.00 bits per heavy atom. The number of rotatable bonds is 7. The van der Waals surface area contributed by atoms with Gasteiger partial charge in [-0.05, 0) is 25.5 Å². The Kier molecular flexibility index (Phi) is 5.87. The van der Waals surface area contributed by atoms with Crippen LogP contribution in [0.1, 0.15) is 27.2 Å². The van der Waals surface area contributed by atoms with Crippen LogP contribution in [0.2, 0.25) is 0 Å². The van der Waals surface area contributed by atoms with Gasteiger partial charge >= 0.3 is 0 Å². The summed E-state index contributed by atoms with van der Waals surface area (Å²) in [7, 11) is 1.82. The van der Waals surface area contributed by atoms with Crippen molar-refractivity contribution < 1.29 is 5.11 Å². The number of aliphatic hydroxyl groups is 1. The molecule has 1 atom stereocenters. The Bertz CT molecular complexity index is 387. The number of nitrogens with zero attached hydrogens (tertiary/aromatic N) is 2. The molecule has 0 bridgehead atoms. The molecule has 1 aromatic rings. The van der Waals surface area contributed by atoms with Crippen molar-refractivity contribution in [3.63, 3.8) is 0 Å². The zero-order chi connectivity index (χ0) is 14.5. The molecule has 5 nitrogen and oxygen atoms in total. The molecule has 0 spiro atoms. The van der Waals surface area contributed by atoms with Crippen LogP contribution in [0, 0.1) is 5.92 Å². The van der Waals surface area contributed by atoms with Crippen LogP contribution in [0.5, 0.6) is 0 Å². The lowest BCUT2D eigenvalue weighted by molar-refractivity contribution is 0.0514. The fourth-order valence-electron chi connectivity index (χ4n) is 1.97. The van der Waals surface area contributed by atoms with Crippen molar-refractivity contribution in [1.82, 2.24) is 9.97 Å². The molecule has 0 aromatic carbocycles. The van der Waals surface area contributed by atoms with Crippen LogP contribution in [0.25, 0.3) is 0 Å². The highest BCUT2D eigenvalue weighted by molar-refractivity contribution is 7.98. The van der Waals surface area contributed by atoms with Crippen LogP contribution in [-0.2, 0) is 0 Å². The second-order valence-electron chi connectivity index (χ2n) is 5.32. The molecule has 108 valence electrons.